The lowest BCUT2D eigenvalue weighted by Gasteiger charge is -2.13. The molecule has 0 saturated carbocycles. The van der Waals surface area contributed by atoms with Crippen LogP contribution in [0.2, 0.25) is 5.02 Å². The van der Waals surface area contributed by atoms with Crippen molar-refractivity contribution in [3.05, 3.63) is 57.7 Å². The maximum absolute atomic E-state index is 14.2. The molecule has 0 fully saturated rings. The molecule has 0 aliphatic heterocycles. The molecule has 0 aliphatic rings. The number of nitrogens with zero attached hydrogens (tertiary/aromatic N) is 2. The first kappa shape index (κ1) is 14.3. The van der Waals surface area contributed by atoms with E-state index in [4.69, 9.17) is 11.6 Å². The van der Waals surface area contributed by atoms with Crippen molar-refractivity contribution in [1.82, 2.24) is 9.55 Å². The van der Waals surface area contributed by atoms with E-state index in [1.807, 2.05) is 0 Å². The standard InChI is InChI=1S/C15H11ClFN3O2/c1-18-14-9-6-5-8(16)7-11(9)20(15(22)19-14)10-3-2-4-12(21)13(10)17/h2-7,21H,1H3,(H,18,19,22). The van der Waals surface area contributed by atoms with Crippen LogP contribution in [-0.4, -0.2) is 21.7 Å². The number of halogens is 2. The van der Waals surface area contributed by atoms with Crippen molar-refractivity contribution in [3.8, 4) is 11.4 Å². The largest absolute Gasteiger partial charge is 0.505 e. The Kier molecular flexibility index (Phi) is 3.46. The Morgan fingerprint density at radius 1 is 1.32 bits per heavy atom. The quantitative estimate of drug-likeness (QED) is 0.762. The van der Waals surface area contributed by atoms with Gasteiger partial charge in [-0.15, -0.1) is 0 Å². The highest BCUT2D eigenvalue weighted by Crippen LogP contribution is 2.28. The summed E-state index contributed by atoms with van der Waals surface area (Å²) in [7, 11) is 1.63. The van der Waals surface area contributed by atoms with Gasteiger partial charge in [0.1, 0.15) is 5.82 Å². The summed E-state index contributed by atoms with van der Waals surface area (Å²) in [5.74, 6) is -1.07. The average Bonchev–Trinajstić information content (AvgIpc) is 2.50. The van der Waals surface area contributed by atoms with E-state index in [-0.39, 0.29) is 5.69 Å². The fourth-order valence-corrected chi connectivity index (χ4v) is 2.47. The highest BCUT2D eigenvalue weighted by molar-refractivity contribution is 6.31. The molecule has 5 nitrogen and oxygen atoms in total. The van der Waals surface area contributed by atoms with E-state index in [1.165, 1.54) is 18.2 Å². The Bertz CT molecular complexity index is 940. The molecule has 7 heteroatoms. The van der Waals surface area contributed by atoms with Crippen LogP contribution in [0.3, 0.4) is 0 Å². The Balaban J connectivity index is 2.49. The van der Waals surface area contributed by atoms with E-state index in [0.717, 1.165) is 4.57 Å². The summed E-state index contributed by atoms with van der Waals surface area (Å²) < 4.78 is 15.3. The van der Waals surface area contributed by atoms with Crippen LogP contribution >= 0.6 is 11.6 Å². The number of fused-ring (bicyclic) bond motifs is 1. The van der Waals surface area contributed by atoms with E-state index in [1.54, 1.807) is 25.2 Å². The molecule has 112 valence electrons. The average molecular weight is 320 g/mol. The van der Waals surface area contributed by atoms with Gasteiger partial charge in [-0.25, -0.2) is 9.18 Å². The minimum Gasteiger partial charge on any atom is -0.505 e. The number of hydrogen-bond donors (Lipinski definition) is 2. The third-order valence-electron chi connectivity index (χ3n) is 3.29. The second-order valence-corrected chi connectivity index (χ2v) is 5.04. The number of aromatic nitrogens is 2. The molecule has 1 aromatic heterocycles. The van der Waals surface area contributed by atoms with E-state index < -0.39 is 17.3 Å². The smallest absolute Gasteiger partial charge is 0.354 e. The lowest BCUT2D eigenvalue weighted by atomic mass is 10.2. The first-order chi connectivity index (χ1) is 10.5. The second kappa shape index (κ2) is 5.31. The van der Waals surface area contributed by atoms with Gasteiger partial charge < -0.3 is 10.4 Å². The third-order valence-corrected chi connectivity index (χ3v) is 3.53. The number of aromatic hydroxyl groups is 1. The predicted octanol–water partition coefficient (Wildman–Crippen LogP) is 2.93. The van der Waals surface area contributed by atoms with Gasteiger partial charge in [-0.1, -0.05) is 17.7 Å². The van der Waals surface area contributed by atoms with Gasteiger partial charge in [-0.3, -0.25) is 4.57 Å². The molecule has 0 saturated heterocycles. The van der Waals surface area contributed by atoms with Gasteiger partial charge in [0.05, 0.1) is 11.2 Å². The van der Waals surface area contributed by atoms with Crippen molar-refractivity contribution in [1.29, 1.82) is 0 Å². The minimum absolute atomic E-state index is 0.0904. The fourth-order valence-electron chi connectivity index (χ4n) is 2.30. The number of phenolic OH excluding ortho intramolecular Hbond substituents is 1. The van der Waals surface area contributed by atoms with Crippen molar-refractivity contribution in [2.45, 2.75) is 0 Å². The third kappa shape index (κ3) is 2.17. The molecule has 3 aromatic rings. The number of nitrogens with one attached hydrogen (secondary N) is 1. The number of anilines is 1. The summed E-state index contributed by atoms with van der Waals surface area (Å²) >= 11 is 6.00. The highest BCUT2D eigenvalue weighted by atomic mass is 35.5. The van der Waals surface area contributed by atoms with Gasteiger partial charge in [0.15, 0.2) is 11.6 Å². The van der Waals surface area contributed by atoms with E-state index >= 15 is 0 Å². The van der Waals surface area contributed by atoms with Crippen molar-refractivity contribution in [2.75, 3.05) is 12.4 Å². The maximum Gasteiger partial charge on any atom is 0.354 e. The highest BCUT2D eigenvalue weighted by Gasteiger charge is 2.16. The van der Waals surface area contributed by atoms with Crippen LogP contribution in [0, 0.1) is 5.82 Å². The zero-order valence-corrected chi connectivity index (χ0v) is 12.2. The molecule has 0 spiro atoms. The molecule has 0 bridgehead atoms. The van der Waals surface area contributed by atoms with Crippen molar-refractivity contribution >= 4 is 28.3 Å². The van der Waals surface area contributed by atoms with Crippen LogP contribution in [0.25, 0.3) is 16.6 Å². The minimum atomic E-state index is -0.898. The molecule has 0 unspecified atom stereocenters. The number of hydrogen-bond acceptors (Lipinski definition) is 4. The molecule has 0 aliphatic carbocycles. The van der Waals surface area contributed by atoms with Gasteiger partial charge in [0.25, 0.3) is 0 Å². The van der Waals surface area contributed by atoms with E-state index in [2.05, 4.69) is 10.3 Å². The van der Waals surface area contributed by atoms with Gasteiger partial charge in [0, 0.05) is 17.5 Å². The van der Waals surface area contributed by atoms with Gasteiger partial charge in [0.2, 0.25) is 0 Å². The summed E-state index contributed by atoms with van der Waals surface area (Å²) in [5, 5.41) is 13.4. The van der Waals surface area contributed by atoms with Crippen LogP contribution in [0.5, 0.6) is 5.75 Å². The molecule has 2 N–H and O–H groups in total. The van der Waals surface area contributed by atoms with Crippen LogP contribution in [0.1, 0.15) is 0 Å². The molecule has 1 heterocycles. The lowest BCUT2D eigenvalue weighted by molar-refractivity contribution is 0.431. The molecule has 2 aromatic carbocycles. The first-order valence-electron chi connectivity index (χ1n) is 6.41. The fraction of sp³-hybridized carbons (Fsp3) is 0.0667. The van der Waals surface area contributed by atoms with Gasteiger partial charge >= 0.3 is 5.69 Å². The summed E-state index contributed by atoms with van der Waals surface area (Å²) in [6, 6.07) is 8.92. The topological polar surface area (TPSA) is 67.2 Å². The molecule has 0 atom stereocenters. The van der Waals surface area contributed by atoms with Gasteiger partial charge in [-0.05, 0) is 30.3 Å². The summed E-state index contributed by atoms with van der Waals surface area (Å²) in [4.78, 5) is 16.2. The monoisotopic (exact) mass is 319 g/mol. The van der Waals surface area contributed by atoms with E-state index in [0.29, 0.717) is 21.7 Å². The zero-order valence-electron chi connectivity index (χ0n) is 11.5. The normalized spacial score (nSPS) is 10.9. The number of rotatable bonds is 2. The Hall–Kier alpha value is -2.60. The SMILES string of the molecule is CNc1nc(=O)n(-c2cccc(O)c2F)c2cc(Cl)ccc12. The van der Waals surface area contributed by atoms with Crippen molar-refractivity contribution < 1.29 is 9.50 Å². The number of phenols is 1. The summed E-state index contributed by atoms with van der Waals surface area (Å²) in [6.45, 7) is 0. The Morgan fingerprint density at radius 3 is 2.82 bits per heavy atom. The summed E-state index contributed by atoms with van der Waals surface area (Å²) in [6.07, 6.45) is 0. The predicted molar refractivity (Wildman–Crippen MR) is 83.5 cm³/mol. The molecular formula is C15H11ClFN3O2. The second-order valence-electron chi connectivity index (χ2n) is 4.60. The maximum atomic E-state index is 14.2. The zero-order chi connectivity index (χ0) is 15.9. The van der Waals surface area contributed by atoms with E-state index in [9.17, 15) is 14.3 Å². The van der Waals surface area contributed by atoms with Crippen LogP contribution in [0.4, 0.5) is 10.2 Å². The number of benzene rings is 2. The Morgan fingerprint density at radius 2 is 2.09 bits per heavy atom. The first-order valence-corrected chi connectivity index (χ1v) is 6.78. The van der Waals surface area contributed by atoms with Crippen molar-refractivity contribution in [2.24, 2.45) is 0 Å². The van der Waals surface area contributed by atoms with Crippen molar-refractivity contribution in [3.63, 3.8) is 0 Å². The Labute approximate surface area is 129 Å². The van der Waals surface area contributed by atoms with Gasteiger partial charge in [-0.2, -0.15) is 4.98 Å². The van der Waals surface area contributed by atoms with Crippen LogP contribution < -0.4 is 11.0 Å². The molecule has 3 rings (SSSR count). The lowest BCUT2D eigenvalue weighted by Crippen LogP contribution is -2.23. The van der Waals surface area contributed by atoms with Crippen LogP contribution in [-0.2, 0) is 0 Å². The molecule has 0 amide bonds. The summed E-state index contributed by atoms with van der Waals surface area (Å²) in [5.41, 5.74) is -0.377. The molecular weight excluding hydrogens is 309 g/mol. The van der Waals surface area contributed by atoms with Crippen LogP contribution in [0.15, 0.2) is 41.2 Å². The molecule has 0 radical (unpaired) electrons. The molecule has 22 heavy (non-hydrogen) atoms.